The maximum atomic E-state index is 13.7. The van der Waals surface area contributed by atoms with Gasteiger partial charge in [-0.3, -0.25) is 0 Å². The Morgan fingerprint density at radius 2 is 2.04 bits per heavy atom. The van der Waals surface area contributed by atoms with Crippen LogP contribution in [0.1, 0.15) is 23.1 Å². The summed E-state index contributed by atoms with van der Waals surface area (Å²) in [5.41, 5.74) is 1.83. The van der Waals surface area contributed by atoms with Crippen molar-refractivity contribution in [2.45, 2.75) is 20.0 Å². The first-order valence-corrected chi connectivity index (χ1v) is 7.83. The summed E-state index contributed by atoms with van der Waals surface area (Å²) in [4.78, 5) is 11.5. The number of benzene rings is 2. The highest BCUT2D eigenvalue weighted by molar-refractivity contribution is 6.31. The van der Waals surface area contributed by atoms with Gasteiger partial charge in [-0.15, -0.1) is 0 Å². The Bertz CT molecular complexity index is 766. The third kappa shape index (κ3) is 5.60. The molecular weight excluding hydrogens is 329 g/mol. The number of hydrogen-bond donors (Lipinski definition) is 1. The first-order valence-electron chi connectivity index (χ1n) is 7.45. The van der Waals surface area contributed by atoms with E-state index in [9.17, 15) is 9.18 Å². The summed E-state index contributed by atoms with van der Waals surface area (Å²) >= 11 is 5.94. The molecule has 0 aromatic heterocycles. The second-order valence-electron chi connectivity index (χ2n) is 5.12. The minimum absolute atomic E-state index is 0.214. The smallest absolute Gasteiger partial charge is 0.407 e. The lowest BCUT2D eigenvalue weighted by atomic mass is 10.1. The number of halogens is 2. The average Bonchev–Trinajstić information content (AvgIpc) is 2.58. The summed E-state index contributed by atoms with van der Waals surface area (Å²) in [6, 6.07) is 12.3. The van der Waals surface area contributed by atoms with Crippen molar-refractivity contribution in [3.05, 3.63) is 70.0 Å². The third-order valence-electron chi connectivity index (χ3n) is 3.20. The number of carbonyl (C=O) groups is 1. The van der Waals surface area contributed by atoms with Crippen molar-refractivity contribution in [2.24, 2.45) is 0 Å². The Kier molecular flexibility index (Phi) is 6.65. The standard InChI is InChI=1S/C19H17ClFNO2/c1-14-11-18(21)16(12-17(14)20)9-5-6-10-22-19(23)24-13-15-7-3-2-4-8-15/h2-4,7-8,11-12H,6,10,13H2,1H3,(H,22,23). The highest BCUT2D eigenvalue weighted by atomic mass is 35.5. The molecule has 0 aliphatic carbocycles. The lowest BCUT2D eigenvalue weighted by Gasteiger charge is -2.05. The van der Waals surface area contributed by atoms with Crippen molar-refractivity contribution in [1.82, 2.24) is 5.32 Å². The van der Waals surface area contributed by atoms with Crippen molar-refractivity contribution in [3.8, 4) is 11.8 Å². The normalized spacial score (nSPS) is 9.79. The maximum Gasteiger partial charge on any atom is 0.407 e. The number of hydrogen-bond acceptors (Lipinski definition) is 2. The van der Waals surface area contributed by atoms with Gasteiger partial charge in [-0.05, 0) is 30.2 Å². The molecule has 2 rings (SSSR count). The molecule has 1 amide bonds. The molecule has 5 heteroatoms. The number of alkyl carbamates (subject to hydrolysis) is 1. The molecule has 2 aromatic carbocycles. The third-order valence-corrected chi connectivity index (χ3v) is 3.61. The first-order chi connectivity index (χ1) is 11.6. The molecule has 24 heavy (non-hydrogen) atoms. The highest BCUT2D eigenvalue weighted by Gasteiger charge is 2.04. The Morgan fingerprint density at radius 3 is 2.79 bits per heavy atom. The predicted molar refractivity (Wildman–Crippen MR) is 92.3 cm³/mol. The van der Waals surface area contributed by atoms with Gasteiger partial charge in [0.2, 0.25) is 0 Å². The van der Waals surface area contributed by atoms with E-state index in [1.54, 1.807) is 6.92 Å². The van der Waals surface area contributed by atoms with Crippen LogP contribution in [0, 0.1) is 24.6 Å². The molecule has 0 unspecified atom stereocenters. The molecule has 1 N–H and O–H groups in total. The fraction of sp³-hybridized carbons (Fsp3) is 0.211. The van der Waals surface area contributed by atoms with E-state index in [-0.39, 0.29) is 12.2 Å². The summed E-state index contributed by atoms with van der Waals surface area (Å²) in [6.07, 6.45) is -0.129. The fourth-order valence-electron chi connectivity index (χ4n) is 1.90. The summed E-state index contributed by atoms with van der Waals surface area (Å²) in [7, 11) is 0. The van der Waals surface area contributed by atoms with Crippen LogP contribution in [0.3, 0.4) is 0 Å². The largest absolute Gasteiger partial charge is 0.445 e. The molecule has 3 nitrogen and oxygen atoms in total. The summed E-state index contributed by atoms with van der Waals surface area (Å²) < 4.78 is 18.7. The lowest BCUT2D eigenvalue weighted by Crippen LogP contribution is -2.24. The lowest BCUT2D eigenvalue weighted by molar-refractivity contribution is 0.140. The molecule has 0 fully saturated rings. The van der Waals surface area contributed by atoms with Crippen molar-refractivity contribution in [2.75, 3.05) is 6.54 Å². The number of ether oxygens (including phenoxy) is 1. The number of aryl methyl sites for hydroxylation is 1. The molecule has 0 radical (unpaired) electrons. The molecule has 0 aliphatic heterocycles. The van der Waals surface area contributed by atoms with Crippen molar-refractivity contribution in [1.29, 1.82) is 0 Å². The van der Waals surface area contributed by atoms with Gasteiger partial charge in [0.1, 0.15) is 12.4 Å². The second kappa shape index (κ2) is 8.95. The van der Waals surface area contributed by atoms with Crippen LogP contribution < -0.4 is 5.32 Å². The molecule has 0 spiro atoms. The van der Waals surface area contributed by atoms with Gasteiger partial charge in [0, 0.05) is 18.0 Å². The molecule has 0 bridgehead atoms. The zero-order valence-corrected chi connectivity index (χ0v) is 14.0. The van der Waals surface area contributed by atoms with Crippen LogP contribution in [0.4, 0.5) is 9.18 Å². The quantitative estimate of drug-likeness (QED) is 0.656. The number of carbonyl (C=O) groups excluding carboxylic acids is 1. The molecule has 0 aliphatic rings. The minimum atomic E-state index is -0.509. The van der Waals surface area contributed by atoms with Crippen LogP contribution in [0.5, 0.6) is 0 Å². The molecule has 0 saturated heterocycles. The monoisotopic (exact) mass is 345 g/mol. The second-order valence-corrected chi connectivity index (χ2v) is 5.53. The average molecular weight is 346 g/mol. The zero-order chi connectivity index (χ0) is 17.4. The number of nitrogens with one attached hydrogen (secondary N) is 1. The van der Waals surface area contributed by atoms with Gasteiger partial charge >= 0.3 is 6.09 Å². The minimum Gasteiger partial charge on any atom is -0.445 e. The number of rotatable bonds is 4. The number of amides is 1. The summed E-state index contributed by atoms with van der Waals surface area (Å²) in [5.74, 6) is 5.11. The van der Waals surface area contributed by atoms with E-state index in [1.165, 1.54) is 12.1 Å². The Hall–Kier alpha value is -2.51. The van der Waals surface area contributed by atoms with Crippen molar-refractivity contribution >= 4 is 17.7 Å². The molecule has 0 heterocycles. The van der Waals surface area contributed by atoms with E-state index in [0.29, 0.717) is 23.6 Å². The van der Waals surface area contributed by atoms with E-state index < -0.39 is 11.9 Å². The van der Waals surface area contributed by atoms with Crippen LogP contribution in [0.25, 0.3) is 0 Å². The topological polar surface area (TPSA) is 38.3 Å². The SMILES string of the molecule is Cc1cc(F)c(C#CCCNC(=O)OCc2ccccc2)cc1Cl. The van der Waals surface area contributed by atoms with E-state index in [4.69, 9.17) is 16.3 Å². The molecule has 2 aromatic rings. The van der Waals surface area contributed by atoms with Crippen LogP contribution in [0.2, 0.25) is 5.02 Å². The van der Waals surface area contributed by atoms with Gasteiger partial charge in [0.25, 0.3) is 0 Å². The van der Waals surface area contributed by atoms with Crippen molar-refractivity contribution in [3.63, 3.8) is 0 Å². The van der Waals surface area contributed by atoms with Crippen LogP contribution in [-0.4, -0.2) is 12.6 Å². The van der Waals surface area contributed by atoms with E-state index in [0.717, 1.165) is 5.56 Å². The molecule has 0 saturated carbocycles. The van der Waals surface area contributed by atoms with Gasteiger partial charge in [-0.1, -0.05) is 53.8 Å². The van der Waals surface area contributed by atoms with E-state index in [1.807, 2.05) is 30.3 Å². The Labute approximate surface area is 145 Å². The first kappa shape index (κ1) is 17.8. The van der Waals surface area contributed by atoms with Gasteiger partial charge in [0.05, 0.1) is 5.56 Å². The van der Waals surface area contributed by atoms with Crippen LogP contribution >= 0.6 is 11.6 Å². The zero-order valence-electron chi connectivity index (χ0n) is 13.2. The van der Waals surface area contributed by atoms with Gasteiger partial charge in [0.15, 0.2) is 0 Å². The van der Waals surface area contributed by atoms with Crippen LogP contribution in [0.15, 0.2) is 42.5 Å². The highest BCUT2D eigenvalue weighted by Crippen LogP contribution is 2.19. The molecular formula is C19H17ClFNO2. The Morgan fingerprint density at radius 1 is 1.29 bits per heavy atom. The maximum absolute atomic E-state index is 13.7. The molecule has 0 atom stereocenters. The van der Waals surface area contributed by atoms with Crippen molar-refractivity contribution < 1.29 is 13.9 Å². The Balaban J connectivity index is 1.73. The van der Waals surface area contributed by atoms with Gasteiger partial charge < -0.3 is 10.1 Å². The van der Waals surface area contributed by atoms with Gasteiger partial charge in [-0.25, -0.2) is 9.18 Å². The summed E-state index contributed by atoms with van der Waals surface area (Å²) in [6.45, 7) is 2.26. The van der Waals surface area contributed by atoms with Gasteiger partial charge in [-0.2, -0.15) is 0 Å². The van der Waals surface area contributed by atoms with Crippen LogP contribution in [-0.2, 0) is 11.3 Å². The summed E-state index contributed by atoms with van der Waals surface area (Å²) in [5, 5.41) is 3.07. The molecule has 124 valence electrons. The van der Waals surface area contributed by atoms with E-state index >= 15 is 0 Å². The fourth-order valence-corrected chi connectivity index (χ4v) is 2.06. The predicted octanol–water partition coefficient (Wildman–Crippen LogP) is 4.46. The van der Waals surface area contributed by atoms with E-state index in [2.05, 4.69) is 17.2 Å².